The van der Waals surface area contributed by atoms with Crippen LogP contribution in [0.4, 0.5) is 0 Å². The Labute approximate surface area is 185 Å². The van der Waals surface area contributed by atoms with Crippen LogP contribution in [0.2, 0.25) is 0 Å². The van der Waals surface area contributed by atoms with Crippen LogP contribution >= 0.6 is 0 Å². The second-order valence-corrected chi connectivity index (χ2v) is 11.2. The first-order valence-corrected chi connectivity index (χ1v) is 12.1. The summed E-state index contributed by atoms with van der Waals surface area (Å²) in [5.41, 5.74) is 11.8. The van der Waals surface area contributed by atoms with Crippen molar-refractivity contribution < 1.29 is 4.79 Å². The van der Waals surface area contributed by atoms with Gasteiger partial charge < -0.3 is 16.8 Å². The molecule has 4 rings (SSSR count). The third kappa shape index (κ3) is 6.68. The Kier molecular flexibility index (Phi) is 9.17. The van der Waals surface area contributed by atoms with Crippen LogP contribution in [0.5, 0.6) is 0 Å². The second kappa shape index (κ2) is 10.9. The van der Waals surface area contributed by atoms with Gasteiger partial charge in [0.25, 0.3) is 0 Å². The molecule has 0 radical (unpaired) electrons. The van der Waals surface area contributed by atoms with Crippen molar-refractivity contribution in [2.75, 3.05) is 7.05 Å². The molecule has 4 atom stereocenters. The molecule has 3 fully saturated rings. The summed E-state index contributed by atoms with van der Waals surface area (Å²) < 4.78 is 0. The number of nitrogens with two attached hydrogens (primary N) is 2. The van der Waals surface area contributed by atoms with Crippen LogP contribution < -0.4 is 16.8 Å². The SMILES string of the molecule is CC1(C)CC2CC(C3C=CC=CC3)(CCC2(C)N)C1.CNC1CCCCC1.NC=O. The highest BCUT2D eigenvalue weighted by atomic mass is 16.1. The van der Waals surface area contributed by atoms with Crippen molar-refractivity contribution in [3.8, 4) is 0 Å². The van der Waals surface area contributed by atoms with Crippen LogP contribution in [-0.2, 0) is 4.79 Å². The van der Waals surface area contributed by atoms with Crippen molar-refractivity contribution in [1.29, 1.82) is 0 Å². The number of hydrogen-bond donors (Lipinski definition) is 3. The van der Waals surface area contributed by atoms with E-state index in [4.69, 9.17) is 10.5 Å². The molecule has 3 saturated carbocycles. The molecule has 30 heavy (non-hydrogen) atoms. The molecule has 0 saturated heterocycles. The van der Waals surface area contributed by atoms with E-state index in [0.29, 0.717) is 16.7 Å². The highest BCUT2D eigenvalue weighted by molar-refractivity contribution is 5.42. The fourth-order valence-electron chi connectivity index (χ4n) is 6.60. The van der Waals surface area contributed by atoms with Crippen molar-refractivity contribution >= 4 is 6.41 Å². The lowest BCUT2D eigenvalue weighted by Crippen LogP contribution is -2.57. The number of carbonyl (C=O) groups is 1. The van der Waals surface area contributed by atoms with Gasteiger partial charge in [-0.05, 0) is 88.0 Å². The van der Waals surface area contributed by atoms with Gasteiger partial charge in [-0.15, -0.1) is 0 Å². The molecule has 0 spiro atoms. The van der Waals surface area contributed by atoms with E-state index in [-0.39, 0.29) is 11.9 Å². The monoisotopic (exact) mass is 417 g/mol. The lowest BCUT2D eigenvalue weighted by atomic mass is 9.47. The van der Waals surface area contributed by atoms with E-state index in [1.807, 2.05) is 0 Å². The van der Waals surface area contributed by atoms with Crippen molar-refractivity contribution in [3.05, 3.63) is 24.3 Å². The van der Waals surface area contributed by atoms with Crippen LogP contribution in [0.25, 0.3) is 0 Å². The van der Waals surface area contributed by atoms with Crippen LogP contribution in [0.15, 0.2) is 24.3 Å². The van der Waals surface area contributed by atoms with Crippen LogP contribution in [-0.4, -0.2) is 25.0 Å². The smallest absolute Gasteiger partial charge is 0.204 e. The normalized spacial score (nSPS) is 37.2. The molecule has 4 aliphatic carbocycles. The number of hydrogen-bond acceptors (Lipinski definition) is 3. The first kappa shape index (κ1) is 25.1. The third-order valence-corrected chi connectivity index (χ3v) is 8.16. The maximum atomic E-state index is 8.58. The van der Waals surface area contributed by atoms with Crippen LogP contribution in [0.3, 0.4) is 0 Å². The fourth-order valence-corrected chi connectivity index (χ4v) is 6.60. The lowest BCUT2D eigenvalue weighted by molar-refractivity contribution is -0.106. The zero-order chi connectivity index (χ0) is 22.3. The minimum atomic E-state index is 0.0649. The minimum absolute atomic E-state index is 0.0649. The van der Waals surface area contributed by atoms with Gasteiger partial charge in [-0.2, -0.15) is 0 Å². The average Bonchev–Trinajstić information content (AvgIpc) is 2.73. The quantitative estimate of drug-likeness (QED) is 0.548. The minimum Gasteiger partial charge on any atom is -0.372 e. The summed E-state index contributed by atoms with van der Waals surface area (Å²) in [7, 11) is 2.07. The summed E-state index contributed by atoms with van der Waals surface area (Å²) in [5.74, 6) is 1.46. The van der Waals surface area contributed by atoms with Gasteiger partial charge in [-0.25, -0.2) is 0 Å². The predicted molar refractivity (Wildman–Crippen MR) is 128 cm³/mol. The second-order valence-electron chi connectivity index (χ2n) is 11.2. The Morgan fingerprint density at radius 3 is 2.23 bits per heavy atom. The Morgan fingerprint density at radius 2 is 1.70 bits per heavy atom. The molecule has 4 heteroatoms. The molecule has 4 nitrogen and oxygen atoms in total. The maximum Gasteiger partial charge on any atom is 0.204 e. The summed E-state index contributed by atoms with van der Waals surface area (Å²) in [5, 5.41) is 3.30. The number of nitrogens with one attached hydrogen (secondary N) is 1. The standard InChI is InChI=1S/C18H29N.C7H15N.CH3NO/c1-16(2)11-15-12-18(13-16,10-9-17(15,3)19)14-7-5-4-6-8-14;1-8-7-5-3-2-4-6-7;2-1-3/h4-7,14-15H,8-13,19H2,1-3H3;7-8H,2-6H2,1H3;1H,(H2,2,3). The van der Waals surface area contributed by atoms with Crippen LogP contribution in [0, 0.1) is 22.7 Å². The fraction of sp³-hybridized carbons (Fsp3) is 0.808. The van der Waals surface area contributed by atoms with Gasteiger partial charge in [0.2, 0.25) is 6.41 Å². The topological polar surface area (TPSA) is 81.1 Å². The molecule has 2 bridgehead atoms. The Balaban J connectivity index is 0.000000243. The van der Waals surface area contributed by atoms with E-state index < -0.39 is 0 Å². The zero-order valence-corrected chi connectivity index (χ0v) is 20.0. The molecule has 4 unspecified atom stereocenters. The van der Waals surface area contributed by atoms with Gasteiger partial charge in [0.05, 0.1) is 0 Å². The molecule has 0 aliphatic heterocycles. The summed E-state index contributed by atoms with van der Waals surface area (Å²) >= 11 is 0. The predicted octanol–water partition coefficient (Wildman–Crippen LogP) is 5.08. The Morgan fingerprint density at radius 1 is 1.03 bits per heavy atom. The third-order valence-electron chi connectivity index (χ3n) is 8.16. The summed E-state index contributed by atoms with van der Waals surface area (Å²) in [6.45, 7) is 7.20. The van der Waals surface area contributed by atoms with Crippen molar-refractivity contribution in [2.24, 2.45) is 34.1 Å². The number of primary amides is 1. The molecule has 0 aromatic heterocycles. The molecular weight excluding hydrogens is 370 g/mol. The number of amides is 1. The van der Waals surface area contributed by atoms with Gasteiger partial charge >= 0.3 is 0 Å². The molecule has 1 amide bonds. The summed E-state index contributed by atoms with van der Waals surface area (Å²) in [4.78, 5) is 8.58. The number of carbonyl (C=O) groups excluding carboxylic acids is 1. The van der Waals surface area contributed by atoms with Gasteiger partial charge in [0, 0.05) is 11.6 Å². The Bertz CT molecular complexity index is 589. The average molecular weight is 418 g/mol. The largest absolute Gasteiger partial charge is 0.372 e. The van der Waals surface area contributed by atoms with Crippen molar-refractivity contribution in [2.45, 2.75) is 103 Å². The van der Waals surface area contributed by atoms with E-state index in [0.717, 1.165) is 12.0 Å². The van der Waals surface area contributed by atoms with E-state index in [2.05, 4.69) is 63.2 Å². The number of rotatable bonds is 2. The molecular formula is C26H47N3O. The Hall–Kier alpha value is -1.13. The van der Waals surface area contributed by atoms with E-state index >= 15 is 0 Å². The van der Waals surface area contributed by atoms with Gasteiger partial charge in [0.1, 0.15) is 0 Å². The van der Waals surface area contributed by atoms with Gasteiger partial charge in [0.15, 0.2) is 0 Å². The highest BCUT2D eigenvalue weighted by Gasteiger charge is 2.54. The van der Waals surface area contributed by atoms with Gasteiger partial charge in [-0.1, -0.05) is 57.4 Å². The zero-order valence-electron chi connectivity index (χ0n) is 20.0. The van der Waals surface area contributed by atoms with Gasteiger partial charge in [-0.3, -0.25) is 4.79 Å². The summed E-state index contributed by atoms with van der Waals surface area (Å²) in [6, 6.07) is 0.837. The molecule has 0 aromatic rings. The van der Waals surface area contributed by atoms with Crippen molar-refractivity contribution in [1.82, 2.24) is 5.32 Å². The molecule has 0 aromatic carbocycles. The number of fused-ring (bicyclic) bond motifs is 2. The molecule has 5 N–H and O–H groups in total. The molecule has 172 valence electrons. The first-order chi connectivity index (χ1) is 14.2. The van der Waals surface area contributed by atoms with E-state index in [1.54, 1.807) is 0 Å². The first-order valence-electron chi connectivity index (χ1n) is 12.1. The van der Waals surface area contributed by atoms with Crippen molar-refractivity contribution in [3.63, 3.8) is 0 Å². The number of allylic oxidation sites excluding steroid dienone is 4. The van der Waals surface area contributed by atoms with Crippen LogP contribution in [0.1, 0.15) is 91.4 Å². The molecule has 0 heterocycles. The molecule has 4 aliphatic rings. The summed E-state index contributed by atoms with van der Waals surface area (Å²) in [6.07, 6.45) is 24.5. The van der Waals surface area contributed by atoms with E-state index in [9.17, 15) is 0 Å². The lowest BCUT2D eigenvalue weighted by Gasteiger charge is -2.59. The highest BCUT2D eigenvalue weighted by Crippen LogP contribution is 2.61. The van der Waals surface area contributed by atoms with E-state index in [1.165, 1.54) is 70.6 Å². The maximum absolute atomic E-state index is 8.58.